The van der Waals surface area contributed by atoms with Crippen molar-refractivity contribution < 1.29 is 19.2 Å². The number of likely N-dealkylation sites (N-methyl/N-ethyl adjacent to an activating group) is 1. The highest BCUT2D eigenvalue weighted by Gasteiger charge is 2.17. The lowest BCUT2D eigenvalue weighted by Gasteiger charge is -2.21. The standard InChI is InChI=1S/C15H21N3O5/c1-4-17(9-14(19)16-11(2)3)15(20)10-23-13-7-5-6-12(8-13)18(21)22/h5-8,11H,4,9-10H2,1-3H3,(H,16,19). The summed E-state index contributed by atoms with van der Waals surface area (Å²) in [5.74, 6) is -0.376. The fourth-order valence-corrected chi connectivity index (χ4v) is 1.84. The van der Waals surface area contributed by atoms with Gasteiger partial charge in [-0.15, -0.1) is 0 Å². The highest BCUT2D eigenvalue weighted by molar-refractivity contribution is 5.85. The van der Waals surface area contributed by atoms with Crippen LogP contribution in [0.4, 0.5) is 5.69 Å². The molecule has 23 heavy (non-hydrogen) atoms. The molecule has 0 spiro atoms. The van der Waals surface area contributed by atoms with Crippen LogP contribution < -0.4 is 10.1 Å². The van der Waals surface area contributed by atoms with E-state index in [2.05, 4.69) is 5.32 Å². The van der Waals surface area contributed by atoms with E-state index in [4.69, 9.17) is 4.74 Å². The minimum atomic E-state index is -0.538. The monoisotopic (exact) mass is 323 g/mol. The summed E-state index contributed by atoms with van der Waals surface area (Å²) in [5.41, 5.74) is -0.112. The Balaban J connectivity index is 2.58. The second-order valence-corrected chi connectivity index (χ2v) is 5.17. The van der Waals surface area contributed by atoms with Gasteiger partial charge in [0.1, 0.15) is 5.75 Å². The lowest BCUT2D eigenvalue weighted by molar-refractivity contribution is -0.384. The van der Waals surface area contributed by atoms with Crippen LogP contribution in [-0.2, 0) is 9.59 Å². The third-order valence-corrected chi connectivity index (χ3v) is 2.91. The van der Waals surface area contributed by atoms with Crippen LogP contribution in [0.25, 0.3) is 0 Å². The number of amides is 2. The van der Waals surface area contributed by atoms with E-state index in [-0.39, 0.29) is 42.4 Å². The summed E-state index contributed by atoms with van der Waals surface area (Å²) in [7, 11) is 0. The van der Waals surface area contributed by atoms with Gasteiger partial charge in [0.15, 0.2) is 6.61 Å². The molecule has 0 unspecified atom stereocenters. The molecule has 0 fully saturated rings. The number of nitro benzene ring substituents is 1. The highest BCUT2D eigenvalue weighted by atomic mass is 16.6. The maximum atomic E-state index is 12.1. The number of nitro groups is 1. The Morgan fingerprint density at radius 1 is 1.39 bits per heavy atom. The Hall–Kier alpha value is -2.64. The molecule has 1 rings (SSSR count). The molecule has 0 radical (unpaired) electrons. The van der Waals surface area contributed by atoms with E-state index in [0.717, 1.165) is 0 Å². The largest absolute Gasteiger partial charge is 0.484 e. The number of carbonyl (C=O) groups excluding carboxylic acids is 2. The Labute approximate surface area is 134 Å². The zero-order chi connectivity index (χ0) is 17.4. The third-order valence-electron chi connectivity index (χ3n) is 2.91. The Kier molecular flexibility index (Phi) is 6.98. The van der Waals surface area contributed by atoms with Gasteiger partial charge in [0, 0.05) is 18.7 Å². The predicted octanol–water partition coefficient (Wildman–Crippen LogP) is 1.35. The van der Waals surface area contributed by atoms with Gasteiger partial charge in [-0.25, -0.2) is 0 Å². The van der Waals surface area contributed by atoms with Gasteiger partial charge in [0.25, 0.3) is 11.6 Å². The zero-order valence-electron chi connectivity index (χ0n) is 13.4. The van der Waals surface area contributed by atoms with E-state index in [1.54, 1.807) is 6.92 Å². The number of nitrogens with zero attached hydrogens (tertiary/aromatic N) is 2. The van der Waals surface area contributed by atoms with Crippen molar-refractivity contribution in [1.29, 1.82) is 0 Å². The molecule has 1 N–H and O–H groups in total. The minimum absolute atomic E-state index is 0.00238. The number of benzene rings is 1. The number of hydrogen-bond acceptors (Lipinski definition) is 5. The number of carbonyl (C=O) groups is 2. The average Bonchev–Trinajstić information content (AvgIpc) is 2.49. The van der Waals surface area contributed by atoms with Crippen LogP contribution in [0, 0.1) is 10.1 Å². The third kappa shape index (κ3) is 6.33. The molecule has 1 aromatic carbocycles. The van der Waals surface area contributed by atoms with Crippen LogP contribution in [0.1, 0.15) is 20.8 Å². The van der Waals surface area contributed by atoms with E-state index in [1.165, 1.54) is 29.2 Å². The summed E-state index contributed by atoms with van der Waals surface area (Å²) in [6.45, 7) is 5.45. The molecule has 0 aromatic heterocycles. The van der Waals surface area contributed by atoms with Crippen molar-refractivity contribution in [1.82, 2.24) is 10.2 Å². The van der Waals surface area contributed by atoms with Crippen molar-refractivity contribution in [2.45, 2.75) is 26.8 Å². The first kappa shape index (κ1) is 18.4. The van der Waals surface area contributed by atoms with Crippen molar-refractivity contribution in [3.05, 3.63) is 34.4 Å². The van der Waals surface area contributed by atoms with Gasteiger partial charge in [-0.3, -0.25) is 19.7 Å². The summed E-state index contributed by atoms with van der Waals surface area (Å²) in [6, 6.07) is 5.59. The van der Waals surface area contributed by atoms with Crippen LogP contribution >= 0.6 is 0 Å². The van der Waals surface area contributed by atoms with Crippen molar-refractivity contribution in [3.8, 4) is 5.75 Å². The van der Waals surface area contributed by atoms with Gasteiger partial charge in [-0.05, 0) is 26.8 Å². The number of rotatable bonds is 8. The molecule has 126 valence electrons. The Bertz CT molecular complexity index is 574. The topological polar surface area (TPSA) is 102 Å². The molecular weight excluding hydrogens is 302 g/mol. The molecule has 0 saturated carbocycles. The van der Waals surface area contributed by atoms with Crippen molar-refractivity contribution in [2.75, 3.05) is 19.7 Å². The predicted molar refractivity (Wildman–Crippen MR) is 84.1 cm³/mol. The molecule has 0 aliphatic carbocycles. The SMILES string of the molecule is CCN(CC(=O)NC(C)C)C(=O)COc1cccc([N+](=O)[O-])c1. The molecule has 0 bridgehead atoms. The molecule has 0 aliphatic rings. The molecule has 2 amide bonds. The molecule has 8 heteroatoms. The van der Waals surface area contributed by atoms with Gasteiger partial charge in [0.05, 0.1) is 17.5 Å². The fraction of sp³-hybridized carbons (Fsp3) is 0.467. The molecule has 0 aliphatic heterocycles. The first-order valence-electron chi connectivity index (χ1n) is 7.27. The zero-order valence-corrected chi connectivity index (χ0v) is 13.4. The summed E-state index contributed by atoms with van der Waals surface area (Å²) in [5, 5.41) is 13.4. The molecule has 8 nitrogen and oxygen atoms in total. The number of hydrogen-bond donors (Lipinski definition) is 1. The molecule has 0 heterocycles. The minimum Gasteiger partial charge on any atom is -0.484 e. The first-order chi connectivity index (χ1) is 10.8. The Morgan fingerprint density at radius 3 is 2.65 bits per heavy atom. The maximum Gasteiger partial charge on any atom is 0.273 e. The number of ether oxygens (including phenoxy) is 1. The quantitative estimate of drug-likeness (QED) is 0.574. The van der Waals surface area contributed by atoms with E-state index in [0.29, 0.717) is 6.54 Å². The van der Waals surface area contributed by atoms with Crippen LogP contribution in [0.15, 0.2) is 24.3 Å². The van der Waals surface area contributed by atoms with Crippen LogP contribution in [0.5, 0.6) is 5.75 Å². The van der Waals surface area contributed by atoms with E-state index in [1.807, 2.05) is 13.8 Å². The van der Waals surface area contributed by atoms with E-state index >= 15 is 0 Å². The maximum absolute atomic E-state index is 12.1. The second-order valence-electron chi connectivity index (χ2n) is 5.17. The van der Waals surface area contributed by atoms with Gasteiger partial charge in [-0.2, -0.15) is 0 Å². The summed E-state index contributed by atoms with van der Waals surface area (Å²) in [4.78, 5) is 35.3. The summed E-state index contributed by atoms with van der Waals surface area (Å²) in [6.07, 6.45) is 0. The lowest BCUT2D eigenvalue weighted by Crippen LogP contribution is -2.44. The van der Waals surface area contributed by atoms with Crippen molar-refractivity contribution in [2.24, 2.45) is 0 Å². The van der Waals surface area contributed by atoms with E-state index in [9.17, 15) is 19.7 Å². The first-order valence-corrected chi connectivity index (χ1v) is 7.27. The Morgan fingerprint density at radius 2 is 2.09 bits per heavy atom. The van der Waals surface area contributed by atoms with Gasteiger partial charge in [0.2, 0.25) is 5.91 Å². The number of non-ortho nitro benzene ring substituents is 1. The lowest BCUT2D eigenvalue weighted by atomic mass is 10.3. The van der Waals surface area contributed by atoms with Crippen LogP contribution in [0.2, 0.25) is 0 Å². The van der Waals surface area contributed by atoms with Crippen molar-refractivity contribution in [3.63, 3.8) is 0 Å². The molecule has 0 atom stereocenters. The molecular formula is C15H21N3O5. The van der Waals surface area contributed by atoms with Gasteiger partial charge in [-0.1, -0.05) is 6.07 Å². The number of nitrogens with one attached hydrogen (secondary N) is 1. The van der Waals surface area contributed by atoms with Crippen molar-refractivity contribution >= 4 is 17.5 Å². The normalized spacial score (nSPS) is 10.3. The van der Waals surface area contributed by atoms with Crippen LogP contribution in [-0.4, -0.2) is 47.4 Å². The second kappa shape index (κ2) is 8.72. The fourth-order valence-electron chi connectivity index (χ4n) is 1.84. The summed E-state index contributed by atoms with van der Waals surface area (Å²) >= 11 is 0. The highest BCUT2D eigenvalue weighted by Crippen LogP contribution is 2.19. The van der Waals surface area contributed by atoms with Gasteiger partial charge >= 0.3 is 0 Å². The van der Waals surface area contributed by atoms with Gasteiger partial charge < -0.3 is 15.0 Å². The average molecular weight is 323 g/mol. The van der Waals surface area contributed by atoms with E-state index < -0.39 is 4.92 Å². The molecule has 1 aromatic rings. The summed E-state index contributed by atoms with van der Waals surface area (Å²) < 4.78 is 5.28. The van der Waals surface area contributed by atoms with Crippen LogP contribution in [0.3, 0.4) is 0 Å². The smallest absolute Gasteiger partial charge is 0.273 e. The molecule has 0 saturated heterocycles.